The van der Waals surface area contributed by atoms with Crippen LogP contribution in [0.2, 0.25) is 0 Å². The summed E-state index contributed by atoms with van der Waals surface area (Å²) in [5.74, 6) is -0.188. The number of aromatic nitrogens is 3. The minimum atomic E-state index is -0.473. The first-order valence-corrected chi connectivity index (χ1v) is 9.46. The van der Waals surface area contributed by atoms with Crippen LogP contribution in [0.5, 0.6) is 0 Å². The number of thiazole rings is 1. The zero-order valence-electron chi connectivity index (χ0n) is 14.7. The molecule has 2 rings (SSSR count). The van der Waals surface area contributed by atoms with Gasteiger partial charge in [-0.1, -0.05) is 23.1 Å². The number of nitrogens with zero attached hydrogens (tertiary/aromatic N) is 4. The molecular formula is C15H20N6O2S2. The maximum Gasteiger partial charge on any atom is 0.321 e. The maximum absolute atomic E-state index is 11.9. The zero-order chi connectivity index (χ0) is 18.6. The van der Waals surface area contributed by atoms with Gasteiger partial charge < -0.3 is 10.2 Å². The van der Waals surface area contributed by atoms with Crippen LogP contribution < -0.4 is 10.6 Å². The van der Waals surface area contributed by atoms with Gasteiger partial charge in [0.1, 0.15) is 0 Å². The number of hydrogen-bond acceptors (Lipinski definition) is 7. The van der Waals surface area contributed by atoms with Crippen LogP contribution in [0.1, 0.15) is 11.4 Å². The van der Waals surface area contributed by atoms with E-state index in [0.29, 0.717) is 10.3 Å². The number of likely N-dealkylation sites (N-methyl/N-ethyl adjacent to an activating group) is 1. The second-order valence-electron chi connectivity index (χ2n) is 5.41. The predicted octanol–water partition coefficient (Wildman–Crippen LogP) is 2.15. The number of aryl methyl sites for hydroxylation is 2. The minimum absolute atomic E-state index is 0.0712. The van der Waals surface area contributed by atoms with Crippen LogP contribution in [0.25, 0.3) is 10.6 Å². The van der Waals surface area contributed by atoms with Gasteiger partial charge in [-0.05, 0) is 26.2 Å². The molecule has 0 saturated heterocycles. The molecule has 2 N–H and O–H groups in total. The number of hydrogen-bond donors (Lipinski definition) is 2. The average molecular weight is 380 g/mol. The quantitative estimate of drug-likeness (QED) is 0.609. The third-order valence-electron chi connectivity index (χ3n) is 3.16. The summed E-state index contributed by atoms with van der Waals surface area (Å²) in [6.07, 6.45) is 1.92. The van der Waals surface area contributed by atoms with E-state index in [9.17, 15) is 9.59 Å². The van der Waals surface area contributed by atoms with E-state index in [1.807, 2.05) is 26.2 Å². The fourth-order valence-corrected chi connectivity index (χ4v) is 3.24. The van der Waals surface area contributed by atoms with Crippen molar-refractivity contribution in [2.24, 2.45) is 0 Å². The summed E-state index contributed by atoms with van der Waals surface area (Å²) in [4.78, 5) is 38.9. The highest BCUT2D eigenvalue weighted by Crippen LogP contribution is 2.32. The van der Waals surface area contributed by atoms with Gasteiger partial charge in [-0.25, -0.2) is 19.7 Å². The molecule has 2 aromatic heterocycles. The van der Waals surface area contributed by atoms with Crippen molar-refractivity contribution in [2.45, 2.75) is 19.0 Å². The molecular weight excluding hydrogens is 360 g/mol. The molecule has 0 saturated carbocycles. The summed E-state index contributed by atoms with van der Waals surface area (Å²) in [6.45, 7) is 3.70. The van der Waals surface area contributed by atoms with E-state index in [2.05, 4.69) is 25.6 Å². The number of carbonyl (C=O) groups excluding carboxylic acids is 2. The Balaban J connectivity index is 2.11. The molecule has 8 nitrogen and oxygen atoms in total. The molecule has 25 heavy (non-hydrogen) atoms. The van der Waals surface area contributed by atoms with Gasteiger partial charge in [0, 0.05) is 19.8 Å². The van der Waals surface area contributed by atoms with Crippen molar-refractivity contribution in [3.63, 3.8) is 0 Å². The summed E-state index contributed by atoms with van der Waals surface area (Å²) in [5.41, 5.74) is 2.43. The summed E-state index contributed by atoms with van der Waals surface area (Å²) in [6, 6.07) is 1.42. The molecule has 134 valence electrons. The number of anilines is 1. The van der Waals surface area contributed by atoms with Gasteiger partial charge in [0.2, 0.25) is 5.91 Å². The zero-order valence-corrected chi connectivity index (χ0v) is 16.3. The molecule has 0 aliphatic rings. The summed E-state index contributed by atoms with van der Waals surface area (Å²) in [5, 5.41) is 6.29. The van der Waals surface area contributed by atoms with Crippen LogP contribution in [0.15, 0.2) is 11.2 Å². The maximum atomic E-state index is 11.9. The fourth-order valence-electron chi connectivity index (χ4n) is 1.89. The molecule has 3 amide bonds. The fraction of sp³-hybridized carbons (Fsp3) is 0.400. The van der Waals surface area contributed by atoms with Crippen LogP contribution in [-0.2, 0) is 4.79 Å². The highest BCUT2D eigenvalue weighted by Gasteiger charge is 2.15. The second kappa shape index (κ2) is 8.26. The second-order valence-corrected chi connectivity index (χ2v) is 7.18. The summed E-state index contributed by atoms with van der Waals surface area (Å²) < 4.78 is 0. The third-order valence-corrected chi connectivity index (χ3v) is 4.81. The normalized spacial score (nSPS) is 10.4. The molecule has 0 fully saturated rings. The lowest BCUT2D eigenvalue weighted by atomic mass is 10.2. The number of carbonyl (C=O) groups is 2. The molecule has 0 radical (unpaired) electrons. The number of nitrogens with one attached hydrogen (secondary N) is 2. The Morgan fingerprint density at radius 2 is 1.96 bits per heavy atom. The minimum Gasteiger partial charge on any atom is -0.347 e. The highest BCUT2D eigenvalue weighted by atomic mass is 32.2. The first-order chi connectivity index (χ1) is 11.8. The molecule has 0 aliphatic heterocycles. The smallest absolute Gasteiger partial charge is 0.321 e. The van der Waals surface area contributed by atoms with E-state index >= 15 is 0 Å². The van der Waals surface area contributed by atoms with E-state index in [0.717, 1.165) is 22.0 Å². The van der Waals surface area contributed by atoms with Gasteiger partial charge in [0.05, 0.1) is 22.8 Å². The standard InChI is InChI=1S/C15H20N6O2S2/c1-8-6-10(19-14(17-8)24-5)12-9(2)18-15(25-12)20-13(23)16-7-11(22)21(3)4/h6H,7H2,1-5H3,(H2,16,18,20,23). The molecule has 0 spiro atoms. The average Bonchev–Trinajstić information content (AvgIpc) is 2.92. The monoisotopic (exact) mass is 380 g/mol. The van der Waals surface area contributed by atoms with Crippen LogP contribution in [0.4, 0.5) is 9.93 Å². The highest BCUT2D eigenvalue weighted by molar-refractivity contribution is 7.98. The van der Waals surface area contributed by atoms with E-state index in [1.165, 1.54) is 28.0 Å². The number of thioether (sulfide) groups is 1. The lowest BCUT2D eigenvalue weighted by Crippen LogP contribution is -2.38. The largest absolute Gasteiger partial charge is 0.347 e. The molecule has 0 bridgehead atoms. The van der Waals surface area contributed by atoms with Crippen molar-refractivity contribution < 1.29 is 9.59 Å². The molecule has 0 atom stereocenters. The van der Waals surface area contributed by atoms with E-state index in [4.69, 9.17) is 0 Å². The SMILES string of the molecule is CSc1nc(C)cc(-c2sc(NC(=O)NCC(=O)N(C)C)nc2C)n1. The Bertz CT molecular complexity index is 790. The molecule has 10 heteroatoms. The molecule has 0 unspecified atom stereocenters. The van der Waals surface area contributed by atoms with Gasteiger partial charge in [0.15, 0.2) is 10.3 Å². The van der Waals surface area contributed by atoms with E-state index < -0.39 is 6.03 Å². The van der Waals surface area contributed by atoms with Crippen LogP contribution in [0, 0.1) is 13.8 Å². The van der Waals surface area contributed by atoms with Gasteiger partial charge in [-0.3, -0.25) is 10.1 Å². The Morgan fingerprint density at radius 3 is 2.60 bits per heavy atom. The first-order valence-electron chi connectivity index (χ1n) is 7.42. The molecule has 0 aliphatic carbocycles. The Morgan fingerprint density at radius 1 is 1.24 bits per heavy atom. The van der Waals surface area contributed by atoms with Crippen LogP contribution in [-0.4, -0.2) is 58.7 Å². The third kappa shape index (κ3) is 5.13. The summed E-state index contributed by atoms with van der Waals surface area (Å²) >= 11 is 2.80. The van der Waals surface area contributed by atoms with Crippen molar-refractivity contribution in [1.82, 2.24) is 25.2 Å². The summed E-state index contributed by atoms with van der Waals surface area (Å²) in [7, 11) is 3.26. The van der Waals surface area contributed by atoms with Crippen molar-refractivity contribution >= 4 is 40.2 Å². The van der Waals surface area contributed by atoms with Gasteiger partial charge in [0.25, 0.3) is 0 Å². The van der Waals surface area contributed by atoms with Crippen molar-refractivity contribution in [1.29, 1.82) is 0 Å². The first kappa shape index (κ1) is 19.1. The van der Waals surface area contributed by atoms with Crippen LogP contribution >= 0.6 is 23.1 Å². The van der Waals surface area contributed by atoms with Crippen LogP contribution in [0.3, 0.4) is 0 Å². The van der Waals surface area contributed by atoms with Crippen molar-refractivity contribution in [3.05, 3.63) is 17.5 Å². The molecule has 0 aromatic carbocycles. The van der Waals surface area contributed by atoms with Gasteiger partial charge in [-0.15, -0.1) is 0 Å². The van der Waals surface area contributed by atoms with Crippen molar-refractivity contribution in [3.8, 4) is 10.6 Å². The molecule has 2 heterocycles. The van der Waals surface area contributed by atoms with Gasteiger partial charge >= 0.3 is 6.03 Å². The Labute approximate surface area is 154 Å². The Kier molecular flexibility index (Phi) is 6.32. The van der Waals surface area contributed by atoms with E-state index in [1.54, 1.807) is 14.1 Å². The number of urea groups is 1. The lowest BCUT2D eigenvalue weighted by molar-refractivity contribution is -0.127. The number of amides is 3. The predicted molar refractivity (Wildman–Crippen MR) is 100 cm³/mol. The van der Waals surface area contributed by atoms with Gasteiger partial charge in [-0.2, -0.15) is 0 Å². The Hall–Kier alpha value is -2.20. The van der Waals surface area contributed by atoms with Crippen molar-refractivity contribution in [2.75, 3.05) is 32.2 Å². The number of rotatable bonds is 5. The topological polar surface area (TPSA) is 100 Å². The lowest BCUT2D eigenvalue weighted by Gasteiger charge is -2.10. The van der Waals surface area contributed by atoms with E-state index in [-0.39, 0.29) is 12.5 Å². The molecule has 2 aromatic rings.